The fourth-order valence-electron chi connectivity index (χ4n) is 3.58. The molecule has 2 aromatic rings. The maximum atomic E-state index is 9.49. The van der Waals surface area contributed by atoms with Crippen LogP contribution in [0.5, 0.6) is 11.5 Å². The number of benzene rings is 2. The lowest BCUT2D eigenvalue weighted by molar-refractivity contribution is 0.413. The predicted octanol–water partition coefficient (Wildman–Crippen LogP) is 4.57. The van der Waals surface area contributed by atoms with E-state index in [1.54, 1.807) is 19.2 Å². The van der Waals surface area contributed by atoms with Gasteiger partial charge >= 0.3 is 0 Å². The van der Waals surface area contributed by atoms with Gasteiger partial charge in [0, 0.05) is 0 Å². The van der Waals surface area contributed by atoms with E-state index < -0.39 is 0 Å². The van der Waals surface area contributed by atoms with Gasteiger partial charge in [0.25, 0.3) is 0 Å². The Morgan fingerprint density at radius 1 is 1.27 bits per heavy atom. The van der Waals surface area contributed by atoms with Crippen molar-refractivity contribution < 1.29 is 9.84 Å². The third-order valence-electron chi connectivity index (χ3n) is 4.79. The lowest BCUT2D eigenvalue weighted by Crippen LogP contribution is -2.02. The van der Waals surface area contributed by atoms with Crippen molar-refractivity contribution in [3.63, 3.8) is 0 Å². The maximum Gasteiger partial charge on any atom is 0.119 e. The molecule has 0 bridgehead atoms. The highest BCUT2D eigenvalue weighted by atomic mass is 16.5. The average Bonchev–Trinajstić information content (AvgIpc) is 2.86. The van der Waals surface area contributed by atoms with E-state index in [1.807, 2.05) is 18.2 Å². The molecule has 0 aromatic heterocycles. The van der Waals surface area contributed by atoms with Crippen molar-refractivity contribution in [3.05, 3.63) is 71.3 Å². The zero-order valence-corrected chi connectivity index (χ0v) is 13.2. The van der Waals surface area contributed by atoms with Crippen LogP contribution in [-0.4, -0.2) is 12.2 Å². The highest BCUT2D eigenvalue weighted by molar-refractivity contribution is 5.50. The van der Waals surface area contributed by atoms with Gasteiger partial charge in [0.1, 0.15) is 11.5 Å². The molecule has 2 heteroatoms. The van der Waals surface area contributed by atoms with Crippen LogP contribution >= 0.6 is 0 Å². The van der Waals surface area contributed by atoms with Crippen LogP contribution in [0.4, 0.5) is 0 Å². The van der Waals surface area contributed by atoms with E-state index in [2.05, 4.69) is 25.6 Å². The molecule has 1 aliphatic rings. The van der Waals surface area contributed by atoms with E-state index in [0.29, 0.717) is 17.6 Å². The van der Waals surface area contributed by atoms with Crippen LogP contribution in [0, 0.1) is 0 Å². The topological polar surface area (TPSA) is 29.5 Å². The van der Waals surface area contributed by atoms with Crippen molar-refractivity contribution >= 4 is 0 Å². The first-order valence-corrected chi connectivity index (χ1v) is 7.73. The molecule has 0 aliphatic heterocycles. The van der Waals surface area contributed by atoms with Crippen molar-refractivity contribution in [1.29, 1.82) is 0 Å². The van der Waals surface area contributed by atoms with Gasteiger partial charge in [-0.15, -0.1) is 6.58 Å². The van der Waals surface area contributed by atoms with Crippen LogP contribution < -0.4 is 4.74 Å². The first kappa shape index (κ1) is 14.7. The molecule has 2 unspecified atom stereocenters. The third-order valence-corrected chi connectivity index (χ3v) is 4.79. The molecule has 0 fully saturated rings. The fourth-order valence-corrected chi connectivity index (χ4v) is 3.58. The highest BCUT2D eigenvalue weighted by Gasteiger charge is 2.32. The maximum absolute atomic E-state index is 9.49. The Labute approximate surface area is 132 Å². The van der Waals surface area contributed by atoms with Gasteiger partial charge in [0.05, 0.1) is 7.11 Å². The summed E-state index contributed by atoms with van der Waals surface area (Å²) in [6.45, 7) is 6.15. The average molecular weight is 294 g/mol. The highest BCUT2D eigenvalue weighted by Crippen LogP contribution is 2.46. The number of phenols is 1. The summed E-state index contributed by atoms with van der Waals surface area (Å²) in [5, 5.41) is 9.49. The zero-order chi connectivity index (χ0) is 15.7. The standard InChI is InChI=1S/C20H22O2/c1-4-5-15-10-17(22-3)11-19-13(2)18(12-20(15)19)14-6-8-16(21)9-7-14/h4,6-11,13,18,21H,1,5,12H2,2-3H3. The molecule has 1 N–H and O–H groups in total. The molecule has 114 valence electrons. The van der Waals surface area contributed by atoms with E-state index in [-0.39, 0.29) is 0 Å². The van der Waals surface area contributed by atoms with E-state index >= 15 is 0 Å². The molecule has 0 radical (unpaired) electrons. The normalized spacial score (nSPS) is 19.7. The van der Waals surface area contributed by atoms with Crippen LogP contribution in [0.2, 0.25) is 0 Å². The van der Waals surface area contributed by atoms with E-state index in [4.69, 9.17) is 4.74 Å². The summed E-state index contributed by atoms with van der Waals surface area (Å²) in [6.07, 6.45) is 3.86. The van der Waals surface area contributed by atoms with Gasteiger partial charge < -0.3 is 9.84 Å². The van der Waals surface area contributed by atoms with Crippen LogP contribution in [0.3, 0.4) is 0 Å². The second-order valence-corrected chi connectivity index (χ2v) is 6.04. The Kier molecular flexibility index (Phi) is 3.93. The first-order valence-electron chi connectivity index (χ1n) is 7.73. The summed E-state index contributed by atoms with van der Waals surface area (Å²) in [7, 11) is 1.72. The summed E-state index contributed by atoms with van der Waals surface area (Å²) in [4.78, 5) is 0. The summed E-state index contributed by atoms with van der Waals surface area (Å²) in [6, 6.07) is 11.9. The van der Waals surface area contributed by atoms with Gasteiger partial charge in [-0.2, -0.15) is 0 Å². The second-order valence-electron chi connectivity index (χ2n) is 6.04. The zero-order valence-electron chi connectivity index (χ0n) is 13.2. The minimum Gasteiger partial charge on any atom is -0.508 e. The molecule has 2 aromatic carbocycles. The second kappa shape index (κ2) is 5.88. The number of rotatable bonds is 4. The SMILES string of the molecule is C=CCc1cc(OC)cc2c1CC(c1ccc(O)cc1)C2C. The number of phenolic OH excluding ortho intramolecular Hbond substituents is 1. The lowest BCUT2D eigenvalue weighted by Gasteiger charge is -2.16. The number of ether oxygens (including phenoxy) is 1. The summed E-state index contributed by atoms with van der Waals surface area (Å²) < 4.78 is 5.46. The minimum absolute atomic E-state index is 0.320. The van der Waals surface area contributed by atoms with Crippen molar-refractivity contribution in [2.45, 2.75) is 31.6 Å². The first-order chi connectivity index (χ1) is 10.6. The number of hydrogen-bond acceptors (Lipinski definition) is 2. The molecule has 2 atom stereocenters. The van der Waals surface area contributed by atoms with Crippen LogP contribution in [0.25, 0.3) is 0 Å². The third kappa shape index (κ3) is 2.50. The Bertz CT molecular complexity index is 686. The van der Waals surface area contributed by atoms with Crippen molar-refractivity contribution in [2.75, 3.05) is 7.11 Å². The Morgan fingerprint density at radius 2 is 2.00 bits per heavy atom. The fraction of sp³-hybridized carbons (Fsp3) is 0.300. The smallest absolute Gasteiger partial charge is 0.119 e. The minimum atomic E-state index is 0.320. The van der Waals surface area contributed by atoms with Gasteiger partial charge in [-0.05, 0) is 71.2 Å². The largest absolute Gasteiger partial charge is 0.508 e. The quantitative estimate of drug-likeness (QED) is 0.837. The Morgan fingerprint density at radius 3 is 2.64 bits per heavy atom. The van der Waals surface area contributed by atoms with E-state index in [1.165, 1.54) is 22.3 Å². The molecule has 0 saturated carbocycles. The van der Waals surface area contributed by atoms with Crippen molar-refractivity contribution in [3.8, 4) is 11.5 Å². The van der Waals surface area contributed by atoms with Crippen LogP contribution in [0.1, 0.15) is 41.0 Å². The van der Waals surface area contributed by atoms with Gasteiger partial charge in [-0.25, -0.2) is 0 Å². The predicted molar refractivity (Wildman–Crippen MR) is 89.9 cm³/mol. The van der Waals surface area contributed by atoms with Gasteiger partial charge in [-0.1, -0.05) is 25.1 Å². The molecule has 0 saturated heterocycles. The Balaban J connectivity index is 2.01. The number of hydrogen-bond donors (Lipinski definition) is 1. The molecule has 2 nitrogen and oxygen atoms in total. The van der Waals surface area contributed by atoms with Gasteiger partial charge in [0.15, 0.2) is 0 Å². The van der Waals surface area contributed by atoms with Crippen LogP contribution in [-0.2, 0) is 12.8 Å². The van der Waals surface area contributed by atoms with Crippen molar-refractivity contribution in [1.82, 2.24) is 0 Å². The molecule has 0 amide bonds. The van der Waals surface area contributed by atoms with Gasteiger partial charge in [-0.3, -0.25) is 0 Å². The summed E-state index contributed by atoms with van der Waals surface area (Å²) in [5.41, 5.74) is 5.42. The molecule has 3 rings (SSSR count). The molecular formula is C20H22O2. The molecule has 0 spiro atoms. The lowest BCUT2D eigenvalue weighted by atomic mass is 9.88. The number of aromatic hydroxyl groups is 1. The summed E-state index contributed by atoms with van der Waals surface area (Å²) in [5.74, 6) is 2.14. The van der Waals surface area contributed by atoms with Gasteiger partial charge in [0.2, 0.25) is 0 Å². The van der Waals surface area contributed by atoms with Crippen molar-refractivity contribution in [2.24, 2.45) is 0 Å². The number of methoxy groups -OCH3 is 1. The molecular weight excluding hydrogens is 272 g/mol. The number of fused-ring (bicyclic) bond motifs is 1. The molecule has 1 aliphatic carbocycles. The Hall–Kier alpha value is -2.22. The monoisotopic (exact) mass is 294 g/mol. The molecule has 0 heterocycles. The van der Waals surface area contributed by atoms with E-state index in [0.717, 1.165) is 18.6 Å². The van der Waals surface area contributed by atoms with Crippen LogP contribution in [0.15, 0.2) is 49.1 Å². The van der Waals surface area contributed by atoms with E-state index in [9.17, 15) is 5.11 Å². The summed E-state index contributed by atoms with van der Waals surface area (Å²) >= 11 is 0. The number of allylic oxidation sites excluding steroid dienone is 1. The molecule has 22 heavy (non-hydrogen) atoms.